The Hall–Kier alpha value is -1.92. The van der Waals surface area contributed by atoms with Gasteiger partial charge in [0.2, 0.25) is 0 Å². The fraction of sp³-hybridized carbons (Fsp3) is 0.435. The van der Waals surface area contributed by atoms with E-state index >= 15 is 0 Å². The summed E-state index contributed by atoms with van der Waals surface area (Å²) in [7, 11) is 0. The van der Waals surface area contributed by atoms with Crippen molar-refractivity contribution in [1.29, 1.82) is 5.26 Å². The predicted molar refractivity (Wildman–Crippen MR) is 113 cm³/mol. The summed E-state index contributed by atoms with van der Waals surface area (Å²) in [5.74, 6) is 0.793. The van der Waals surface area contributed by atoms with Crippen molar-refractivity contribution >= 4 is 16.7 Å². The molecule has 0 aromatic heterocycles. The molecule has 0 atom stereocenters. The number of hydrogen-bond acceptors (Lipinski definition) is 3. The fourth-order valence-electron chi connectivity index (χ4n) is 3.64. The lowest BCUT2D eigenvalue weighted by Crippen LogP contribution is -2.38. The number of ether oxygens (including phenoxy) is 1. The van der Waals surface area contributed by atoms with Crippen molar-refractivity contribution in [2.24, 2.45) is 0 Å². The minimum absolute atomic E-state index is 0.0779. The number of allylic oxidation sites excluding steroid dienone is 3. The molecule has 1 aliphatic rings. The predicted octanol–water partition coefficient (Wildman–Crippen LogP) is 7.23. The molecule has 138 valence electrons. The second-order valence-electron chi connectivity index (χ2n) is 6.99. The number of hydrogen-bond donors (Lipinski definition) is 0. The number of nitrogens with zero attached hydrogens (tertiary/aromatic N) is 1. The van der Waals surface area contributed by atoms with Crippen LogP contribution < -0.4 is 4.74 Å². The van der Waals surface area contributed by atoms with E-state index in [0.717, 1.165) is 46.8 Å². The average molecular weight is 368 g/mol. The normalized spacial score (nSPS) is 16.6. The van der Waals surface area contributed by atoms with Crippen LogP contribution in [0.15, 0.2) is 48.4 Å². The van der Waals surface area contributed by atoms with Crippen LogP contribution in [0.5, 0.6) is 5.75 Å². The summed E-state index contributed by atoms with van der Waals surface area (Å²) in [6, 6.07) is 8.04. The van der Waals surface area contributed by atoms with E-state index in [4.69, 9.17) is 4.74 Å². The molecule has 0 saturated heterocycles. The third-order valence-corrected chi connectivity index (χ3v) is 5.74. The molecule has 0 N–H and O–H groups in total. The zero-order valence-corrected chi connectivity index (χ0v) is 16.8. The lowest BCUT2D eigenvalue weighted by Gasteiger charge is -2.38. The highest BCUT2D eigenvalue weighted by Gasteiger charge is 2.33. The van der Waals surface area contributed by atoms with Gasteiger partial charge in [0.1, 0.15) is 11.4 Å². The van der Waals surface area contributed by atoms with E-state index < -0.39 is 0 Å². The zero-order chi connectivity index (χ0) is 19.0. The Bertz CT molecular complexity index is 715. The zero-order valence-electron chi connectivity index (χ0n) is 16.0. The van der Waals surface area contributed by atoms with E-state index in [9.17, 15) is 5.26 Å². The van der Waals surface area contributed by atoms with Gasteiger partial charge in [-0.15, -0.1) is 0 Å². The van der Waals surface area contributed by atoms with Crippen molar-refractivity contribution in [2.45, 2.75) is 64.4 Å². The van der Waals surface area contributed by atoms with E-state index in [0.29, 0.717) is 5.56 Å². The largest absolute Gasteiger partial charge is 0.487 e. The SMILES string of the molecule is C=C/C=C(/C)SC(=C)c1cc(C#N)cc(OC2(CCC)CCCCC2)c1. The quantitative estimate of drug-likeness (QED) is 0.454. The van der Waals surface area contributed by atoms with E-state index in [1.165, 1.54) is 19.3 Å². The van der Waals surface area contributed by atoms with Crippen LogP contribution in [0.25, 0.3) is 4.91 Å². The molecule has 1 aromatic rings. The first-order chi connectivity index (χ1) is 12.5. The molecule has 1 aliphatic carbocycles. The van der Waals surface area contributed by atoms with Gasteiger partial charge in [-0.3, -0.25) is 0 Å². The molecule has 0 unspecified atom stereocenters. The molecule has 1 aromatic carbocycles. The third kappa shape index (κ3) is 5.54. The standard InChI is InChI=1S/C23H29NOS/c1-5-10-18(3)26-19(4)21-14-20(17-24)15-22(16-21)25-23(11-6-2)12-8-7-9-13-23/h5,10,14-16H,1,4,6-9,11-13H2,2-3H3/b18-10-. The smallest absolute Gasteiger partial charge is 0.122 e. The Labute approximate surface area is 162 Å². The molecule has 0 aliphatic heterocycles. The molecule has 3 heteroatoms. The van der Waals surface area contributed by atoms with Gasteiger partial charge in [0.15, 0.2) is 0 Å². The number of thioether (sulfide) groups is 1. The second-order valence-corrected chi connectivity index (χ2v) is 8.33. The van der Waals surface area contributed by atoms with Gasteiger partial charge in [-0.2, -0.15) is 5.26 Å². The maximum atomic E-state index is 9.44. The van der Waals surface area contributed by atoms with Gasteiger partial charge in [0.25, 0.3) is 0 Å². The molecule has 1 fully saturated rings. The monoisotopic (exact) mass is 367 g/mol. The van der Waals surface area contributed by atoms with Gasteiger partial charge in [-0.1, -0.05) is 56.8 Å². The Morgan fingerprint density at radius 2 is 2.04 bits per heavy atom. The molecule has 2 nitrogen and oxygen atoms in total. The van der Waals surface area contributed by atoms with Crippen LogP contribution in [0.1, 0.15) is 69.9 Å². The van der Waals surface area contributed by atoms with Gasteiger partial charge in [-0.25, -0.2) is 0 Å². The summed E-state index contributed by atoms with van der Waals surface area (Å²) < 4.78 is 6.54. The van der Waals surface area contributed by atoms with Crippen molar-refractivity contribution in [2.75, 3.05) is 0 Å². The minimum atomic E-state index is -0.0779. The second kappa shape index (κ2) is 9.69. The molecule has 0 bridgehead atoms. The van der Waals surface area contributed by atoms with Gasteiger partial charge in [0, 0.05) is 4.91 Å². The first-order valence-electron chi connectivity index (χ1n) is 9.42. The summed E-state index contributed by atoms with van der Waals surface area (Å²) in [6.07, 6.45) is 11.8. The van der Waals surface area contributed by atoms with Gasteiger partial charge < -0.3 is 4.74 Å². The van der Waals surface area contributed by atoms with Crippen molar-refractivity contribution in [1.82, 2.24) is 0 Å². The highest BCUT2D eigenvalue weighted by Crippen LogP contribution is 2.39. The fourth-order valence-corrected chi connectivity index (χ4v) is 4.43. The maximum absolute atomic E-state index is 9.44. The van der Waals surface area contributed by atoms with Gasteiger partial charge in [0.05, 0.1) is 11.6 Å². The summed E-state index contributed by atoms with van der Waals surface area (Å²) >= 11 is 1.59. The van der Waals surface area contributed by atoms with E-state index in [-0.39, 0.29) is 5.60 Å². The van der Waals surface area contributed by atoms with E-state index in [1.807, 2.05) is 31.2 Å². The van der Waals surface area contributed by atoms with Crippen LogP contribution in [0.4, 0.5) is 0 Å². The number of nitriles is 1. The van der Waals surface area contributed by atoms with Crippen LogP contribution in [0.2, 0.25) is 0 Å². The first-order valence-corrected chi connectivity index (χ1v) is 10.2. The summed E-state index contributed by atoms with van der Waals surface area (Å²) in [5, 5.41) is 9.44. The molecule has 26 heavy (non-hydrogen) atoms. The minimum Gasteiger partial charge on any atom is -0.487 e. The number of rotatable bonds is 8. The van der Waals surface area contributed by atoms with Gasteiger partial charge in [-0.05, 0) is 67.7 Å². The number of benzene rings is 1. The van der Waals surface area contributed by atoms with E-state index in [2.05, 4.69) is 26.2 Å². The van der Waals surface area contributed by atoms with Gasteiger partial charge >= 0.3 is 0 Å². The van der Waals surface area contributed by atoms with Crippen LogP contribution in [-0.4, -0.2) is 5.60 Å². The van der Waals surface area contributed by atoms with Crippen molar-refractivity contribution < 1.29 is 4.74 Å². The third-order valence-electron chi connectivity index (χ3n) is 4.80. The Kier molecular flexibility index (Phi) is 7.60. The summed E-state index contributed by atoms with van der Waals surface area (Å²) in [5.41, 5.74) is 1.49. The Balaban J connectivity index is 2.28. The van der Waals surface area contributed by atoms with Crippen LogP contribution >= 0.6 is 11.8 Å². The Morgan fingerprint density at radius 3 is 2.65 bits per heavy atom. The summed E-state index contributed by atoms with van der Waals surface area (Å²) in [6.45, 7) is 12.2. The van der Waals surface area contributed by atoms with Crippen LogP contribution in [0.3, 0.4) is 0 Å². The van der Waals surface area contributed by atoms with Crippen molar-refractivity contribution in [3.05, 3.63) is 59.5 Å². The topological polar surface area (TPSA) is 33.0 Å². The maximum Gasteiger partial charge on any atom is 0.122 e. The molecular formula is C23H29NOS. The first kappa shape index (κ1) is 20.4. The van der Waals surface area contributed by atoms with E-state index in [1.54, 1.807) is 17.8 Å². The summed E-state index contributed by atoms with van der Waals surface area (Å²) in [4.78, 5) is 2.03. The lowest BCUT2D eigenvalue weighted by molar-refractivity contribution is 0.0213. The van der Waals surface area contributed by atoms with Crippen molar-refractivity contribution in [3.8, 4) is 11.8 Å². The molecule has 0 heterocycles. The van der Waals surface area contributed by atoms with Crippen LogP contribution in [0, 0.1) is 11.3 Å². The van der Waals surface area contributed by atoms with Crippen molar-refractivity contribution in [3.63, 3.8) is 0 Å². The Morgan fingerprint density at radius 1 is 1.31 bits per heavy atom. The molecule has 0 amide bonds. The molecule has 1 saturated carbocycles. The highest BCUT2D eigenvalue weighted by atomic mass is 32.2. The van der Waals surface area contributed by atoms with Crippen LogP contribution in [-0.2, 0) is 0 Å². The molecule has 0 radical (unpaired) electrons. The molecule has 0 spiro atoms. The average Bonchev–Trinajstić information content (AvgIpc) is 2.62. The molecular weight excluding hydrogens is 338 g/mol. The highest BCUT2D eigenvalue weighted by molar-refractivity contribution is 8.11. The molecule has 2 rings (SSSR count). The lowest BCUT2D eigenvalue weighted by atomic mass is 9.81.